The lowest BCUT2D eigenvalue weighted by Crippen LogP contribution is -2.43. The van der Waals surface area contributed by atoms with Crippen molar-refractivity contribution in [2.24, 2.45) is 0 Å². The van der Waals surface area contributed by atoms with E-state index in [0.717, 1.165) is 12.8 Å². The van der Waals surface area contributed by atoms with Crippen LogP contribution >= 0.6 is 0 Å². The van der Waals surface area contributed by atoms with Gasteiger partial charge in [-0.1, -0.05) is 6.42 Å². The molecular formula is C15H22N2O5. The van der Waals surface area contributed by atoms with Crippen LogP contribution in [0.1, 0.15) is 32.6 Å². The summed E-state index contributed by atoms with van der Waals surface area (Å²) < 4.78 is 5.46. The van der Waals surface area contributed by atoms with Crippen molar-refractivity contribution in [1.82, 2.24) is 10.6 Å². The standard InChI is InChI=1S/C15H22N2O5/c1-11(22-13-8-6-12(18)7-9-13)17-15(21)16-10-4-2-3-5-14(19)20/h6-9,11,18H,2-5,10H2,1H3,(H,19,20)(H2,16,17,21). The van der Waals surface area contributed by atoms with Crippen molar-refractivity contribution in [3.63, 3.8) is 0 Å². The minimum Gasteiger partial charge on any atom is -0.508 e. The minimum absolute atomic E-state index is 0.147. The highest BCUT2D eigenvalue weighted by Crippen LogP contribution is 2.16. The number of phenolic OH excluding ortho intramolecular Hbond substituents is 1. The van der Waals surface area contributed by atoms with E-state index in [2.05, 4.69) is 10.6 Å². The van der Waals surface area contributed by atoms with Crippen molar-refractivity contribution in [1.29, 1.82) is 0 Å². The second-order valence-electron chi connectivity index (χ2n) is 4.86. The minimum atomic E-state index is -0.800. The van der Waals surface area contributed by atoms with Gasteiger partial charge in [0.05, 0.1) is 0 Å². The molecule has 2 amide bonds. The summed E-state index contributed by atoms with van der Waals surface area (Å²) in [5, 5.41) is 22.9. The Balaban J connectivity index is 2.13. The SMILES string of the molecule is CC(NC(=O)NCCCCCC(=O)O)Oc1ccc(O)cc1. The highest BCUT2D eigenvalue weighted by molar-refractivity contribution is 5.73. The van der Waals surface area contributed by atoms with E-state index in [4.69, 9.17) is 14.9 Å². The summed E-state index contributed by atoms with van der Waals surface area (Å²) >= 11 is 0. The summed E-state index contributed by atoms with van der Waals surface area (Å²) in [7, 11) is 0. The highest BCUT2D eigenvalue weighted by atomic mass is 16.5. The number of benzene rings is 1. The van der Waals surface area contributed by atoms with Gasteiger partial charge >= 0.3 is 12.0 Å². The molecule has 1 unspecified atom stereocenters. The first-order valence-electron chi connectivity index (χ1n) is 7.19. The maximum Gasteiger partial charge on any atom is 0.317 e. The number of carboxylic acid groups (broad SMARTS) is 1. The predicted octanol–water partition coefficient (Wildman–Crippen LogP) is 2.06. The van der Waals surface area contributed by atoms with Gasteiger partial charge in [0.15, 0.2) is 6.23 Å². The van der Waals surface area contributed by atoms with Crippen molar-refractivity contribution < 1.29 is 24.5 Å². The van der Waals surface area contributed by atoms with E-state index in [1.165, 1.54) is 12.1 Å². The van der Waals surface area contributed by atoms with Gasteiger partial charge in [0.25, 0.3) is 0 Å². The molecule has 0 bridgehead atoms. The summed E-state index contributed by atoms with van der Waals surface area (Å²) in [5.74, 6) is -0.112. The van der Waals surface area contributed by atoms with Crippen LogP contribution < -0.4 is 15.4 Å². The number of unbranched alkanes of at least 4 members (excludes halogenated alkanes) is 2. The van der Waals surface area contributed by atoms with E-state index in [9.17, 15) is 9.59 Å². The largest absolute Gasteiger partial charge is 0.508 e. The summed E-state index contributed by atoms with van der Waals surface area (Å²) in [6.45, 7) is 2.18. The Morgan fingerprint density at radius 3 is 2.50 bits per heavy atom. The van der Waals surface area contributed by atoms with Crippen LogP contribution in [-0.2, 0) is 4.79 Å². The van der Waals surface area contributed by atoms with Gasteiger partial charge in [-0.05, 0) is 44.0 Å². The van der Waals surface area contributed by atoms with Crippen molar-refractivity contribution in [3.8, 4) is 11.5 Å². The lowest BCUT2D eigenvalue weighted by molar-refractivity contribution is -0.137. The molecule has 0 saturated heterocycles. The molecule has 0 aromatic heterocycles. The number of rotatable bonds is 9. The molecule has 0 fully saturated rings. The molecule has 1 aromatic carbocycles. The smallest absolute Gasteiger partial charge is 0.317 e. The molecule has 0 aliphatic carbocycles. The van der Waals surface area contributed by atoms with Crippen LogP contribution in [0.3, 0.4) is 0 Å². The van der Waals surface area contributed by atoms with Gasteiger partial charge in [-0.2, -0.15) is 0 Å². The fourth-order valence-corrected chi connectivity index (χ4v) is 1.77. The van der Waals surface area contributed by atoms with Crippen LogP contribution in [-0.4, -0.2) is 35.0 Å². The number of amides is 2. The number of carbonyl (C=O) groups is 2. The number of carboxylic acids is 1. The van der Waals surface area contributed by atoms with E-state index in [1.807, 2.05) is 0 Å². The third-order valence-corrected chi connectivity index (χ3v) is 2.84. The first-order chi connectivity index (χ1) is 10.5. The maximum absolute atomic E-state index is 11.6. The Hall–Kier alpha value is -2.44. The lowest BCUT2D eigenvalue weighted by Gasteiger charge is -2.16. The first kappa shape index (κ1) is 17.6. The number of aliphatic carboxylic acids is 1. The molecule has 0 aliphatic heterocycles. The summed E-state index contributed by atoms with van der Waals surface area (Å²) in [4.78, 5) is 21.9. The molecule has 122 valence electrons. The zero-order chi connectivity index (χ0) is 16.4. The molecule has 7 heteroatoms. The van der Waals surface area contributed by atoms with E-state index >= 15 is 0 Å². The monoisotopic (exact) mass is 310 g/mol. The number of aromatic hydroxyl groups is 1. The van der Waals surface area contributed by atoms with Crippen molar-refractivity contribution in [2.75, 3.05) is 6.54 Å². The second-order valence-corrected chi connectivity index (χ2v) is 4.86. The van der Waals surface area contributed by atoms with Crippen LogP contribution in [0.4, 0.5) is 4.79 Å². The normalized spacial score (nSPS) is 11.5. The van der Waals surface area contributed by atoms with Gasteiger partial charge in [0.2, 0.25) is 0 Å². The Bertz CT molecular complexity index is 475. The zero-order valence-electron chi connectivity index (χ0n) is 12.5. The molecule has 0 spiro atoms. The van der Waals surface area contributed by atoms with E-state index in [-0.39, 0.29) is 18.2 Å². The van der Waals surface area contributed by atoms with E-state index in [1.54, 1.807) is 19.1 Å². The fourth-order valence-electron chi connectivity index (χ4n) is 1.77. The summed E-state index contributed by atoms with van der Waals surface area (Å²) in [6.07, 6.45) is 1.74. The Morgan fingerprint density at radius 2 is 1.86 bits per heavy atom. The van der Waals surface area contributed by atoms with Crippen LogP contribution in [0.25, 0.3) is 0 Å². The van der Waals surface area contributed by atoms with Crippen LogP contribution in [0.15, 0.2) is 24.3 Å². The molecule has 0 radical (unpaired) electrons. The highest BCUT2D eigenvalue weighted by Gasteiger charge is 2.07. The number of carbonyl (C=O) groups excluding carboxylic acids is 1. The Kier molecular flexibility index (Phi) is 7.60. The van der Waals surface area contributed by atoms with E-state index < -0.39 is 12.2 Å². The second kappa shape index (κ2) is 9.49. The Morgan fingerprint density at radius 1 is 1.18 bits per heavy atom. The number of urea groups is 1. The molecule has 0 aliphatic rings. The average molecular weight is 310 g/mol. The van der Waals surface area contributed by atoms with Crippen LogP contribution in [0.5, 0.6) is 11.5 Å². The number of hydrogen-bond acceptors (Lipinski definition) is 4. The number of phenols is 1. The third kappa shape index (κ3) is 7.98. The van der Waals surface area contributed by atoms with Crippen LogP contribution in [0.2, 0.25) is 0 Å². The van der Waals surface area contributed by atoms with Gasteiger partial charge in [0.1, 0.15) is 11.5 Å². The Labute approximate surface area is 129 Å². The van der Waals surface area contributed by atoms with Gasteiger partial charge in [-0.25, -0.2) is 4.79 Å². The van der Waals surface area contributed by atoms with E-state index in [0.29, 0.717) is 18.7 Å². The van der Waals surface area contributed by atoms with Crippen molar-refractivity contribution in [3.05, 3.63) is 24.3 Å². The molecule has 22 heavy (non-hydrogen) atoms. The zero-order valence-corrected chi connectivity index (χ0v) is 12.5. The van der Waals surface area contributed by atoms with Gasteiger partial charge in [-0.15, -0.1) is 0 Å². The number of hydrogen-bond donors (Lipinski definition) is 4. The quantitative estimate of drug-likeness (QED) is 0.412. The molecule has 1 atom stereocenters. The fraction of sp³-hybridized carbons (Fsp3) is 0.467. The molecule has 1 aromatic rings. The number of ether oxygens (including phenoxy) is 1. The van der Waals surface area contributed by atoms with Crippen LogP contribution in [0, 0.1) is 0 Å². The third-order valence-electron chi connectivity index (χ3n) is 2.84. The molecule has 0 heterocycles. The van der Waals surface area contributed by atoms with Gasteiger partial charge in [0, 0.05) is 13.0 Å². The number of nitrogens with one attached hydrogen (secondary N) is 2. The molecular weight excluding hydrogens is 288 g/mol. The summed E-state index contributed by atoms with van der Waals surface area (Å²) in [6, 6.07) is 5.87. The van der Waals surface area contributed by atoms with Gasteiger partial charge in [-0.3, -0.25) is 4.79 Å². The predicted molar refractivity (Wildman–Crippen MR) is 80.8 cm³/mol. The average Bonchev–Trinajstić information content (AvgIpc) is 2.44. The molecule has 7 nitrogen and oxygen atoms in total. The first-order valence-corrected chi connectivity index (χ1v) is 7.19. The topological polar surface area (TPSA) is 108 Å². The van der Waals surface area contributed by atoms with Crippen molar-refractivity contribution >= 4 is 12.0 Å². The molecule has 4 N–H and O–H groups in total. The lowest BCUT2D eigenvalue weighted by atomic mass is 10.2. The summed E-state index contributed by atoms with van der Waals surface area (Å²) in [5.41, 5.74) is 0. The molecule has 1 rings (SSSR count). The van der Waals surface area contributed by atoms with Crippen molar-refractivity contribution in [2.45, 2.75) is 38.8 Å². The maximum atomic E-state index is 11.6. The van der Waals surface area contributed by atoms with Gasteiger partial charge < -0.3 is 25.6 Å². The molecule has 0 saturated carbocycles.